The van der Waals surface area contributed by atoms with Gasteiger partial charge in [-0.25, -0.2) is 4.98 Å². The van der Waals surface area contributed by atoms with Gasteiger partial charge in [-0.2, -0.15) is 0 Å². The van der Waals surface area contributed by atoms with Gasteiger partial charge < -0.3 is 11.1 Å². The second-order valence-electron chi connectivity index (χ2n) is 4.70. The molecule has 0 saturated carbocycles. The Bertz CT molecular complexity index is 623. The molecule has 3 N–H and O–H groups in total. The van der Waals surface area contributed by atoms with Gasteiger partial charge >= 0.3 is 0 Å². The van der Waals surface area contributed by atoms with Gasteiger partial charge in [-0.15, -0.1) is 0 Å². The third-order valence-electron chi connectivity index (χ3n) is 3.35. The summed E-state index contributed by atoms with van der Waals surface area (Å²) in [5, 5.41) is 3.30. The maximum Gasteiger partial charge on any atom is 0.140 e. The van der Waals surface area contributed by atoms with Crippen molar-refractivity contribution >= 4 is 28.7 Å². The summed E-state index contributed by atoms with van der Waals surface area (Å²) < 4.78 is 0. The first kappa shape index (κ1) is 12.1. The maximum atomic E-state index is 5.81. The van der Waals surface area contributed by atoms with Crippen LogP contribution in [-0.2, 0) is 12.8 Å². The van der Waals surface area contributed by atoms with Crippen LogP contribution in [0.15, 0.2) is 36.4 Å². The Kier molecular flexibility index (Phi) is 3.17. The SMILES string of the molecule is NC(=S)c1cc2c(nc1Nc1ccccc1)CCC2. The number of nitrogens with zero attached hydrogens (tertiary/aromatic N) is 1. The van der Waals surface area contributed by atoms with Crippen LogP contribution in [0.2, 0.25) is 0 Å². The highest BCUT2D eigenvalue weighted by atomic mass is 32.1. The van der Waals surface area contributed by atoms with Crippen LogP contribution in [-0.4, -0.2) is 9.97 Å². The number of anilines is 2. The zero-order valence-corrected chi connectivity index (χ0v) is 11.3. The molecule has 1 aromatic heterocycles. The Morgan fingerprint density at radius 3 is 2.74 bits per heavy atom. The molecule has 0 spiro atoms. The van der Waals surface area contributed by atoms with Crippen LogP contribution in [0.1, 0.15) is 23.2 Å². The second kappa shape index (κ2) is 4.97. The highest BCUT2D eigenvalue weighted by Crippen LogP contribution is 2.27. The minimum Gasteiger partial charge on any atom is -0.389 e. The third-order valence-corrected chi connectivity index (χ3v) is 3.57. The van der Waals surface area contributed by atoms with Gasteiger partial charge in [0, 0.05) is 11.4 Å². The molecule has 0 radical (unpaired) electrons. The van der Waals surface area contributed by atoms with Crippen LogP contribution in [0.4, 0.5) is 11.5 Å². The number of aromatic nitrogens is 1. The predicted octanol–water partition coefficient (Wildman–Crippen LogP) is 2.95. The molecule has 0 bridgehead atoms. The van der Waals surface area contributed by atoms with Crippen molar-refractivity contribution < 1.29 is 0 Å². The molecule has 0 atom stereocenters. The Balaban J connectivity index is 2.02. The third kappa shape index (κ3) is 2.44. The summed E-state index contributed by atoms with van der Waals surface area (Å²) in [5.74, 6) is 0.763. The molecule has 1 aliphatic carbocycles. The molecule has 0 unspecified atom stereocenters. The van der Waals surface area contributed by atoms with Crippen molar-refractivity contribution in [3.8, 4) is 0 Å². The fourth-order valence-electron chi connectivity index (χ4n) is 2.41. The molecule has 0 aliphatic heterocycles. The number of pyridine rings is 1. The average molecular weight is 269 g/mol. The number of nitrogens with two attached hydrogens (primary N) is 1. The lowest BCUT2D eigenvalue weighted by Gasteiger charge is -2.12. The van der Waals surface area contributed by atoms with E-state index in [1.807, 2.05) is 30.3 Å². The normalized spacial score (nSPS) is 13.1. The van der Waals surface area contributed by atoms with Crippen molar-refractivity contribution in [3.05, 3.63) is 53.2 Å². The number of nitrogens with one attached hydrogen (secondary N) is 1. The van der Waals surface area contributed by atoms with Gasteiger partial charge in [0.15, 0.2) is 0 Å². The van der Waals surface area contributed by atoms with E-state index in [-0.39, 0.29) is 0 Å². The number of para-hydroxylation sites is 1. The standard InChI is InChI=1S/C15H15N3S/c16-14(19)12-9-10-5-4-8-13(10)18-15(12)17-11-6-2-1-3-7-11/h1-3,6-7,9H,4-5,8H2,(H2,16,19)(H,17,18). The lowest BCUT2D eigenvalue weighted by atomic mass is 10.1. The predicted molar refractivity (Wildman–Crippen MR) is 81.9 cm³/mol. The zero-order chi connectivity index (χ0) is 13.2. The van der Waals surface area contributed by atoms with Crippen molar-refractivity contribution in [2.24, 2.45) is 5.73 Å². The van der Waals surface area contributed by atoms with Gasteiger partial charge in [0.1, 0.15) is 10.8 Å². The van der Waals surface area contributed by atoms with Crippen molar-refractivity contribution in [2.75, 3.05) is 5.32 Å². The highest BCUT2D eigenvalue weighted by Gasteiger charge is 2.17. The fourth-order valence-corrected chi connectivity index (χ4v) is 2.57. The molecular formula is C15H15N3S. The van der Waals surface area contributed by atoms with Crippen LogP contribution < -0.4 is 11.1 Å². The Hall–Kier alpha value is -1.94. The van der Waals surface area contributed by atoms with E-state index in [2.05, 4.69) is 11.4 Å². The molecule has 2 aromatic rings. The van der Waals surface area contributed by atoms with E-state index in [9.17, 15) is 0 Å². The van der Waals surface area contributed by atoms with Crippen molar-refractivity contribution in [1.29, 1.82) is 0 Å². The summed E-state index contributed by atoms with van der Waals surface area (Å²) in [6.07, 6.45) is 3.27. The smallest absolute Gasteiger partial charge is 0.140 e. The lowest BCUT2D eigenvalue weighted by molar-refractivity contribution is 0.900. The molecule has 3 rings (SSSR count). The zero-order valence-electron chi connectivity index (χ0n) is 10.5. The van der Waals surface area contributed by atoms with Crippen LogP contribution in [0, 0.1) is 0 Å². The fraction of sp³-hybridized carbons (Fsp3) is 0.200. The highest BCUT2D eigenvalue weighted by molar-refractivity contribution is 7.80. The Morgan fingerprint density at radius 1 is 1.21 bits per heavy atom. The number of hydrogen-bond acceptors (Lipinski definition) is 3. The largest absolute Gasteiger partial charge is 0.389 e. The van der Waals surface area contributed by atoms with E-state index in [0.29, 0.717) is 4.99 Å². The Morgan fingerprint density at radius 2 is 2.00 bits per heavy atom. The quantitative estimate of drug-likeness (QED) is 0.841. The van der Waals surface area contributed by atoms with Gasteiger partial charge in [-0.1, -0.05) is 30.4 Å². The number of hydrogen-bond donors (Lipinski definition) is 2. The molecule has 0 fully saturated rings. The number of thiocarbonyl (C=S) groups is 1. The number of aryl methyl sites for hydroxylation is 2. The number of rotatable bonds is 3. The summed E-state index contributed by atoms with van der Waals surface area (Å²) >= 11 is 5.13. The summed E-state index contributed by atoms with van der Waals surface area (Å²) in [6, 6.07) is 12.0. The molecule has 0 saturated heterocycles. The van der Waals surface area contributed by atoms with E-state index in [4.69, 9.17) is 22.9 Å². The van der Waals surface area contributed by atoms with Gasteiger partial charge in [-0.3, -0.25) is 0 Å². The van der Waals surface area contributed by atoms with Gasteiger partial charge in [0.2, 0.25) is 0 Å². The first-order chi connectivity index (χ1) is 9.24. The summed E-state index contributed by atoms with van der Waals surface area (Å²) in [7, 11) is 0. The topological polar surface area (TPSA) is 50.9 Å². The summed E-state index contributed by atoms with van der Waals surface area (Å²) in [4.78, 5) is 5.08. The van der Waals surface area contributed by atoms with Crippen LogP contribution >= 0.6 is 12.2 Å². The molecule has 0 amide bonds. The van der Waals surface area contributed by atoms with Crippen LogP contribution in [0.5, 0.6) is 0 Å². The molecule has 1 aromatic carbocycles. The maximum absolute atomic E-state index is 5.81. The molecular weight excluding hydrogens is 254 g/mol. The first-order valence-electron chi connectivity index (χ1n) is 6.39. The molecule has 4 heteroatoms. The molecule has 1 aliphatic rings. The summed E-state index contributed by atoms with van der Waals surface area (Å²) in [6.45, 7) is 0. The first-order valence-corrected chi connectivity index (χ1v) is 6.79. The van der Waals surface area contributed by atoms with Gasteiger partial charge in [-0.05, 0) is 43.0 Å². The van der Waals surface area contributed by atoms with E-state index < -0.39 is 0 Å². The van der Waals surface area contributed by atoms with Gasteiger partial charge in [0.05, 0.1) is 5.56 Å². The van der Waals surface area contributed by atoms with E-state index in [1.165, 1.54) is 11.3 Å². The second-order valence-corrected chi connectivity index (χ2v) is 5.14. The number of fused-ring (bicyclic) bond motifs is 1. The average Bonchev–Trinajstić information content (AvgIpc) is 2.86. The molecule has 96 valence electrons. The van der Waals surface area contributed by atoms with Gasteiger partial charge in [0.25, 0.3) is 0 Å². The minimum atomic E-state index is 0.389. The van der Waals surface area contributed by atoms with E-state index in [0.717, 1.165) is 36.3 Å². The molecule has 1 heterocycles. The minimum absolute atomic E-state index is 0.389. The summed E-state index contributed by atoms with van der Waals surface area (Å²) in [5.41, 5.74) is 10.1. The lowest BCUT2D eigenvalue weighted by Crippen LogP contribution is -2.14. The van der Waals surface area contributed by atoms with Crippen molar-refractivity contribution in [1.82, 2.24) is 4.98 Å². The van der Waals surface area contributed by atoms with E-state index >= 15 is 0 Å². The molecule has 3 nitrogen and oxygen atoms in total. The van der Waals surface area contributed by atoms with Crippen molar-refractivity contribution in [3.63, 3.8) is 0 Å². The Labute approximate surface area is 117 Å². The van der Waals surface area contributed by atoms with Crippen molar-refractivity contribution in [2.45, 2.75) is 19.3 Å². The monoisotopic (exact) mass is 269 g/mol. The number of benzene rings is 1. The van der Waals surface area contributed by atoms with Crippen LogP contribution in [0.25, 0.3) is 0 Å². The van der Waals surface area contributed by atoms with E-state index in [1.54, 1.807) is 0 Å². The van der Waals surface area contributed by atoms with Crippen LogP contribution in [0.3, 0.4) is 0 Å². The molecule has 19 heavy (non-hydrogen) atoms.